The molecule has 1 heterocycles. The summed E-state index contributed by atoms with van der Waals surface area (Å²) in [5.41, 5.74) is 5.14. The summed E-state index contributed by atoms with van der Waals surface area (Å²) in [5, 5.41) is 9.12. The van der Waals surface area contributed by atoms with Crippen molar-refractivity contribution in [3.05, 3.63) is 0 Å². The molecule has 0 aliphatic carbocycles. The molecule has 20 heavy (non-hydrogen) atoms. The topological polar surface area (TPSA) is 113 Å². The number of aliphatic carboxylic acids is 1. The van der Waals surface area contributed by atoms with Gasteiger partial charge in [-0.1, -0.05) is 13.8 Å². The summed E-state index contributed by atoms with van der Waals surface area (Å²) in [5.74, 6) is -1.61. The minimum Gasteiger partial charge on any atom is -0.480 e. The Bertz CT molecular complexity index is 385. The number of hydrogen-bond donors (Lipinski definition) is 2. The van der Waals surface area contributed by atoms with Crippen molar-refractivity contribution < 1.29 is 24.2 Å². The summed E-state index contributed by atoms with van der Waals surface area (Å²) in [7, 11) is 0. The number of carbonyl (C=O) groups is 3. The Labute approximate surface area is 117 Å². The highest BCUT2D eigenvalue weighted by Gasteiger charge is 2.35. The van der Waals surface area contributed by atoms with Gasteiger partial charge in [0.1, 0.15) is 6.54 Å². The van der Waals surface area contributed by atoms with Crippen LogP contribution in [0.3, 0.4) is 0 Å². The molecule has 1 rings (SSSR count). The standard InChI is InChI=1S/C12H21N3O5/c1-8(2)5-14(6-10(13)16)12(19)15-3-4-20-7-9(15)11(17)18/h8-9H,3-7H2,1-2H3,(H2,13,16)(H,17,18). The second-order valence-corrected chi connectivity index (χ2v) is 5.15. The van der Waals surface area contributed by atoms with E-state index in [1.54, 1.807) is 0 Å². The normalized spacial score (nSPS) is 18.9. The first-order valence-corrected chi connectivity index (χ1v) is 6.47. The minimum atomic E-state index is -1.12. The molecule has 1 atom stereocenters. The SMILES string of the molecule is CC(C)CN(CC(N)=O)C(=O)N1CCOCC1C(=O)O. The van der Waals surface area contributed by atoms with E-state index < -0.39 is 23.9 Å². The fourth-order valence-electron chi connectivity index (χ4n) is 2.06. The quantitative estimate of drug-likeness (QED) is 0.696. The van der Waals surface area contributed by atoms with Gasteiger partial charge in [0.05, 0.1) is 13.2 Å². The van der Waals surface area contributed by atoms with Crippen LogP contribution in [-0.4, -0.2) is 71.7 Å². The Kier molecular flexibility index (Phi) is 5.75. The molecule has 1 aliphatic heterocycles. The molecule has 0 radical (unpaired) electrons. The number of carboxylic acids is 1. The van der Waals surface area contributed by atoms with Gasteiger partial charge in [0, 0.05) is 13.1 Å². The lowest BCUT2D eigenvalue weighted by atomic mass is 10.2. The van der Waals surface area contributed by atoms with Crippen LogP contribution in [-0.2, 0) is 14.3 Å². The van der Waals surface area contributed by atoms with Crippen molar-refractivity contribution in [1.82, 2.24) is 9.80 Å². The number of urea groups is 1. The number of primary amides is 1. The molecule has 0 aromatic carbocycles. The second-order valence-electron chi connectivity index (χ2n) is 5.15. The molecule has 8 heteroatoms. The number of amides is 3. The van der Waals surface area contributed by atoms with Crippen LogP contribution in [0, 0.1) is 5.92 Å². The highest BCUT2D eigenvalue weighted by molar-refractivity contribution is 5.86. The molecule has 1 saturated heterocycles. The molecule has 1 fully saturated rings. The summed E-state index contributed by atoms with van der Waals surface area (Å²) in [4.78, 5) is 37.1. The first-order valence-electron chi connectivity index (χ1n) is 6.47. The van der Waals surface area contributed by atoms with Crippen molar-refractivity contribution in [2.24, 2.45) is 11.7 Å². The molecule has 114 valence electrons. The largest absolute Gasteiger partial charge is 0.480 e. The maximum absolute atomic E-state index is 12.4. The van der Waals surface area contributed by atoms with E-state index in [2.05, 4.69) is 0 Å². The lowest BCUT2D eigenvalue weighted by molar-refractivity contribution is -0.147. The van der Waals surface area contributed by atoms with Crippen molar-refractivity contribution in [3.63, 3.8) is 0 Å². The van der Waals surface area contributed by atoms with Crippen LogP contribution < -0.4 is 5.73 Å². The molecule has 1 aliphatic rings. The Hall–Kier alpha value is -1.83. The highest BCUT2D eigenvalue weighted by Crippen LogP contribution is 2.12. The summed E-state index contributed by atoms with van der Waals surface area (Å²) >= 11 is 0. The number of ether oxygens (including phenoxy) is 1. The van der Waals surface area contributed by atoms with E-state index >= 15 is 0 Å². The lowest BCUT2D eigenvalue weighted by Gasteiger charge is -2.37. The Balaban J connectivity index is 2.84. The first-order chi connectivity index (χ1) is 9.32. The summed E-state index contributed by atoms with van der Waals surface area (Å²) in [6, 6.07) is -1.52. The van der Waals surface area contributed by atoms with E-state index in [0.717, 1.165) is 0 Å². The van der Waals surface area contributed by atoms with Gasteiger partial charge >= 0.3 is 12.0 Å². The number of rotatable bonds is 5. The average Bonchev–Trinajstić information content (AvgIpc) is 2.36. The zero-order chi connectivity index (χ0) is 15.3. The van der Waals surface area contributed by atoms with Gasteiger partial charge in [-0.05, 0) is 5.92 Å². The molecule has 0 aromatic heterocycles. The van der Waals surface area contributed by atoms with Crippen LogP contribution in [0.4, 0.5) is 4.79 Å². The number of hydrogen-bond acceptors (Lipinski definition) is 4. The zero-order valence-electron chi connectivity index (χ0n) is 11.7. The molecule has 3 N–H and O–H groups in total. The van der Waals surface area contributed by atoms with Crippen molar-refractivity contribution in [3.8, 4) is 0 Å². The van der Waals surface area contributed by atoms with Crippen molar-refractivity contribution >= 4 is 17.9 Å². The lowest BCUT2D eigenvalue weighted by Crippen LogP contribution is -2.57. The molecule has 3 amide bonds. The fraction of sp³-hybridized carbons (Fsp3) is 0.750. The maximum atomic E-state index is 12.4. The third-order valence-electron chi connectivity index (χ3n) is 2.86. The Morgan fingerprint density at radius 1 is 1.45 bits per heavy atom. The van der Waals surface area contributed by atoms with Crippen LogP contribution in [0.15, 0.2) is 0 Å². The van der Waals surface area contributed by atoms with Crippen molar-refractivity contribution in [2.45, 2.75) is 19.9 Å². The monoisotopic (exact) mass is 287 g/mol. The van der Waals surface area contributed by atoms with E-state index in [4.69, 9.17) is 15.6 Å². The number of nitrogens with two attached hydrogens (primary N) is 1. The van der Waals surface area contributed by atoms with E-state index in [1.165, 1.54) is 9.80 Å². The number of morpholine rings is 1. The van der Waals surface area contributed by atoms with E-state index in [0.29, 0.717) is 6.54 Å². The zero-order valence-corrected chi connectivity index (χ0v) is 11.7. The summed E-state index contributed by atoms with van der Waals surface area (Å²) in [6.07, 6.45) is 0. The Morgan fingerprint density at radius 3 is 2.60 bits per heavy atom. The highest BCUT2D eigenvalue weighted by atomic mass is 16.5. The molecule has 0 bridgehead atoms. The number of carboxylic acid groups (broad SMARTS) is 1. The van der Waals surface area contributed by atoms with Crippen molar-refractivity contribution in [1.29, 1.82) is 0 Å². The van der Waals surface area contributed by atoms with E-state index in [1.807, 2.05) is 13.8 Å². The molecule has 0 saturated carbocycles. The molecule has 0 aromatic rings. The van der Waals surface area contributed by atoms with Crippen molar-refractivity contribution in [2.75, 3.05) is 32.8 Å². The van der Waals surface area contributed by atoms with Crippen LogP contribution in [0.2, 0.25) is 0 Å². The molecule has 1 unspecified atom stereocenters. The molecule has 8 nitrogen and oxygen atoms in total. The molecular formula is C12H21N3O5. The van der Waals surface area contributed by atoms with Gasteiger partial charge in [-0.15, -0.1) is 0 Å². The number of nitrogens with zero attached hydrogens (tertiary/aromatic N) is 2. The van der Waals surface area contributed by atoms with Gasteiger partial charge in [0.25, 0.3) is 0 Å². The minimum absolute atomic E-state index is 0.0484. The van der Waals surface area contributed by atoms with Gasteiger partial charge in [-0.3, -0.25) is 4.79 Å². The van der Waals surface area contributed by atoms with Crippen LogP contribution in [0.5, 0.6) is 0 Å². The van der Waals surface area contributed by atoms with Crippen LogP contribution in [0.1, 0.15) is 13.8 Å². The van der Waals surface area contributed by atoms with Crippen LogP contribution in [0.25, 0.3) is 0 Å². The first kappa shape index (κ1) is 16.2. The Morgan fingerprint density at radius 2 is 2.10 bits per heavy atom. The van der Waals surface area contributed by atoms with Gasteiger partial charge < -0.3 is 25.4 Å². The second kappa shape index (κ2) is 7.09. The van der Waals surface area contributed by atoms with Gasteiger partial charge in [-0.2, -0.15) is 0 Å². The third-order valence-corrected chi connectivity index (χ3v) is 2.86. The summed E-state index contributed by atoms with van der Waals surface area (Å²) < 4.78 is 5.08. The van der Waals surface area contributed by atoms with Gasteiger partial charge in [-0.25, -0.2) is 9.59 Å². The predicted molar refractivity (Wildman–Crippen MR) is 70.0 cm³/mol. The van der Waals surface area contributed by atoms with Gasteiger partial charge in [0.2, 0.25) is 5.91 Å². The molecular weight excluding hydrogens is 266 g/mol. The maximum Gasteiger partial charge on any atom is 0.328 e. The van der Waals surface area contributed by atoms with Crippen LogP contribution >= 0.6 is 0 Å². The fourth-order valence-corrected chi connectivity index (χ4v) is 2.06. The molecule has 0 spiro atoms. The van der Waals surface area contributed by atoms with E-state index in [9.17, 15) is 14.4 Å². The third kappa shape index (κ3) is 4.37. The average molecular weight is 287 g/mol. The number of carbonyl (C=O) groups excluding carboxylic acids is 2. The van der Waals surface area contributed by atoms with E-state index in [-0.39, 0.29) is 32.2 Å². The summed E-state index contributed by atoms with van der Waals surface area (Å²) in [6.45, 7) is 4.33. The smallest absolute Gasteiger partial charge is 0.328 e. The van der Waals surface area contributed by atoms with Gasteiger partial charge in [0.15, 0.2) is 6.04 Å². The predicted octanol–water partition coefficient (Wildman–Crippen LogP) is -0.665.